The summed E-state index contributed by atoms with van der Waals surface area (Å²) in [5.41, 5.74) is 0.933. The third-order valence-corrected chi connectivity index (χ3v) is 8.11. The molecule has 0 aliphatic carbocycles. The number of piperidine rings is 2. The summed E-state index contributed by atoms with van der Waals surface area (Å²) in [6, 6.07) is 8.76. The molecule has 31 heavy (non-hydrogen) atoms. The number of hydrogen-bond acceptors (Lipinski definition) is 6. The first kappa shape index (κ1) is 21.8. The maximum atomic E-state index is 13.0. The lowest BCUT2D eigenvalue weighted by molar-refractivity contribution is 0.281. The van der Waals surface area contributed by atoms with Gasteiger partial charge in [0.1, 0.15) is 6.07 Å². The molecule has 0 amide bonds. The molecule has 0 spiro atoms. The van der Waals surface area contributed by atoms with E-state index >= 15 is 0 Å². The van der Waals surface area contributed by atoms with Crippen molar-refractivity contribution in [1.29, 1.82) is 5.26 Å². The Morgan fingerprint density at radius 2 is 1.74 bits per heavy atom. The molecule has 0 saturated carbocycles. The van der Waals surface area contributed by atoms with Gasteiger partial charge in [0.25, 0.3) is 0 Å². The van der Waals surface area contributed by atoms with E-state index in [0.717, 1.165) is 32.4 Å². The van der Waals surface area contributed by atoms with Crippen molar-refractivity contribution in [2.45, 2.75) is 44.9 Å². The molecule has 0 bridgehead atoms. The Bertz CT molecular complexity index is 1060. The van der Waals surface area contributed by atoms with E-state index in [1.165, 1.54) is 0 Å². The number of nitrogens with zero attached hydrogens (tertiary/aromatic N) is 4. The molecule has 1 aromatic carbocycles. The molecule has 2 aromatic rings. The van der Waals surface area contributed by atoms with Crippen molar-refractivity contribution in [2.75, 3.05) is 31.1 Å². The second-order valence-electron chi connectivity index (χ2n) is 9.27. The van der Waals surface area contributed by atoms with E-state index in [4.69, 9.17) is 4.42 Å². The molecule has 2 saturated heterocycles. The monoisotopic (exact) mass is 442 g/mol. The van der Waals surface area contributed by atoms with Crippen LogP contribution in [0.15, 0.2) is 33.6 Å². The Labute approximate surface area is 184 Å². The second kappa shape index (κ2) is 8.64. The zero-order chi connectivity index (χ0) is 22.2. The van der Waals surface area contributed by atoms with Gasteiger partial charge < -0.3 is 9.32 Å². The van der Waals surface area contributed by atoms with Gasteiger partial charge >= 0.3 is 0 Å². The van der Waals surface area contributed by atoms with Gasteiger partial charge in [-0.25, -0.2) is 8.42 Å². The van der Waals surface area contributed by atoms with E-state index in [0.29, 0.717) is 48.2 Å². The van der Waals surface area contributed by atoms with Crippen LogP contribution in [-0.2, 0) is 10.0 Å². The summed E-state index contributed by atoms with van der Waals surface area (Å²) in [5.74, 6) is 2.26. The number of nitriles is 1. The Morgan fingerprint density at radius 1 is 1.06 bits per heavy atom. The molecular formula is C23H30N4O3S. The van der Waals surface area contributed by atoms with Gasteiger partial charge in [-0.2, -0.15) is 14.6 Å². The number of aromatic nitrogens is 1. The fourth-order valence-corrected chi connectivity index (χ4v) is 6.43. The van der Waals surface area contributed by atoms with E-state index in [-0.39, 0.29) is 10.6 Å². The van der Waals surface area contributed by atoms with Crippen LogP contribution in [0.1, 0.15) is 45.7 Å². The molecule has 1 aromatic heterocycles. The Morgan fingerprint density at radius 3 is 2.35 bits per heavy atom. The Kier molecular flexibility index (Phi) is 6.09. The molecule has 3 atom stereocenters. The summed E-state index contributed by atoms with van der Waals surface area (Å²) in [5, 5.41) is 9.57. The van der Waals surface area contributed by atoms with Gasteiger partial charge in [-0.1, -0.05) is 20.8 Å². The van der Waals surface area contributed by atoms with Gasteiger partial charge in [0.2, 0.25) is 27.5 Å². The third-order valence-electron chi connectivity index (χ3n) is 6.23. The van der Waals surface area contributed by atoms with E-state index in [9.17, 15) is 13.7 Å². The summed E-state index contributed by atoms with van der Waals surface area (Å²) >= 11 is 0. The van der Waals surface area contributed by atoms with Crippen molar-refractivity contribution >= 4 is 15.9 Å². The summed E-state index contributed by atoms with van der Waals surface area (Å²) in [4.78, 5) is 6.76. The summed E-state index contributed by atoms with van der Waals surface area (Å²) in [6.45, 7) is 9.28. The van der Waals surface area contributed by atoms with Crippen LogP contribution in [0.3, 0.4) is 0 Å². The molecule has 3 heterocycles. The van der Waals surface area contributed by atoms with Crippen LogP contribution in [0.2, 0.25) is 0 Å². The van der Waals surface area contributed by atoms with Gasteiger partial charge in [0.15, 0.2) is 0 Å². The fraction of sp³-hybridized carbons (Fsp3) is 0.565. The molecule has 4 rings (SSSR count). The van der Waals surface area contributed by atoms with E-state index < -0.39 is 10.0 Å². The van der Waals surface area contributed by atoms with Gasteiger partial charge in [-0.05, 0) is 61.3 Å². The maximum absolute atomic E-state index is 13.0. The Hall–Kier alpha value is -2.37. The topological polar surface area (TPSA) is 90.4 Å². The molecular weight excluding hydrogens is 412 g/mol. The lowest BCUT2D eigenvalue weighted by atomic mass is 9.92. The first-order valence-corrected chi connectivity index (χ1v) is 12.5. The fourth-order valence-electron chi connectivity index (χ4n) is 4.83. The number of oxazole rings is 1. The molecule has 166 valence electrons. The predicted octanol–water partition coefficient (Wildman–Crippen LogP) is 4.12. The number of anilines is 1. The maximum Gasteiger partial charge on any atom is 0.243 e. The molecule has 7 nitrogen and oxygen atoms in total. The highest BCUT2D eigenvalue weighted by molar-refractivity contribution is 7.89. The Balaban J connectivity index is 1.58. The van der Waals surface area contributed by atoms with Crippen LogP contribution in [0.5, 0.6) is 0 Å². The van der Waals surface area contributed by atoms with Crippen molar-refractivity contribution in [1.82, 2.24) is 9.29 Å². The summed E-state index contributed by atoms with van der Waals surface area (Å²) < 4.78 is 33.6. The van der Waals surface area contributed by atoms with Crippen LogP contribution >= 0.6 is 0 Å². The number of sulfonamides is 1. The van der Waals surface area contributed by atoms with Crippen LogP contribution in [0.25, 0.3) is 11.5 Å². The summed E-state index contributed by atoms with van der Waals surface area (Å²) in [6.07, 6.45) is 3.11. The van der Waals surface area contributed by atoms with Crippen LogP contribution < -0.4 is 4.90 Å². The lowest BCUT2D eigenvalue weighted by Crippen LogP contribution is -2.39. The number of benzene rings is 1. The second-order valence-corrected chi connectivity index (χ2v) is 11.2. The first-order chi connectivity index (χ1) is 14.8. The summed E-state index contributed by atoms with van der Waals surface area (Å²) in [7, 11) is -3.51. The quantitative estimate of drug-likeness (QED) is 0.708. The van der Waals surface area contributed by atoms with Crippen LogP contribution in [-0.4, -0.2) is 43.9 Å². The highest BCUT2D eigenvalue weighted by Gasteiger charge is 2.30. The van der Waals surface area contributed by atoms with Crippen molar-refractivity contribution in [3.8, 4) is 17.5 Å². The number of rotatable bonds is 4. The average Bonchev–Trinajstić information content (AvgIpc) is 3.18. The zero-order valence-corrected chi connectivity index (χ0v) is 19.2. The van der Waals surface area contributed by atoms with Gasteiger partial charge in [-0.3, -0.25) is 0 Å². The molecule has 2 fully saturated rings. The molecule has 8 heteroatoms. The standard InChI is InChI=1S/C23H30N4O3S/c1-16-5-4-10-27(15-16)31(28,29)20-8-6-19(7-9-20)22-25-21(12-24)23(30-22)26-13-17(2)11-18(3)14-26/h6-9,16-18H,4-5,10-11,13-15H2,1-3H3/t16-,17+,18+/m0/s1. The SMILES string of the molecule is C[C@@H]1C[C@@H](C)CN(c2oc(-c3ccc(S(=O)(=O)N4CCC[C@H](C)C4)cc3)nc2C#N)C1. The minimum Gasteiger partial charge on any atom is -0.419 e. The van der Waals surface area contributed by atoms with Gasteiger partial charge in [-0.15, -0.1) is 0 Å². The van der Waals surface area contributed by atoms with Gasteiger partial charge in [0, 0.05) is 31.7 Å². The smallest absolute Gasteiger partial charge is 0.243 e. The highest BCUT2D eigenvalue weighted by atomic mass is 32.2. The average molecular weight is 443 g/mol. The van der Waals surface area contributed by atoms with E-state index in [1.54, 1.807) is 28.6 Å². The minimum absolute atomic E-state index is 0.273. The third kappa shape index (κ3) is 4.48. The van der Waals surface area contributed by atoms with Crippen LogP contribution in [0.4, 0.5) is 5.88 Å². The number of hydrogen-bond donors (Lipinski definition) is 0. The normalized spacial score (nSPS) is 25.4. The molecule has 0 N–H and O–H groups in total. The predicted molar refractivity (Wildman–Crippen MR) is 119 cm³/mol. The molecule has 0 unspecified atom stereocenters. The van der Waals surface area contributed by atoms with E-state index in [1.807, 2.05) is 0 Å². The van der Waals surface area contributed by atoms with Crippen molar-refractivity contribution in [3.63, 3.8) is 0 Å². The van der Waals surface area contributed by atoms with Crippen molar-refractivity contribution < 1.29 is 12.8 Å². The zero-order valence-electron chi connectivity index (χ0n) is 18.4. The van der Waals surface area contributed by atoms with Gasteiger partial charge in [0.05, 0.1) is 4.90 Å². The largest absolute Gasteiger partial charge is 0.419 e. The lowest BCUT2D eigenvalue weighted by Gasteiger charge is -2.34. The molecule has 0 radical (unpaired) electrons. The van der Waals surface area contributed by atoms with E-state index in [2.05, 4.69) is 36.7 Å². The van der Waals surface area contributed by atoms with Crippen molar-refractivity contribution in [3.05, 3.63) is 30.0 Å². The van der Waals surface area contributed by atoms with Crippen molar-refractivity contribution in [2.24, 2.45) is 17.8 Å². The highest BCUT2D eigenvalue weighted by Crippen LogP contribution is 2.33. The minimum atomic E-state index is -3.51. The first-order valence-electron chi connectivity index (χ1n) is 11.0. The van der Waals surface area contributed by atoms with Crippen LogP contribution in [0, 0.1) is 29.1 Å². The molecule has 2 aliphatic rings. The molecule has 2 aliphatic heterocycles.